The van der Waals surface area contributed by atoms with Gasteiger partial charge in [0.1, 0.15) is 11.6 Å². The largest absolute Gasteiger partial charge is 0.481 e. The molecule has 8 nitrogen and oxygen atoms in total. The fraction of sp³-hybridized carbons (Fsp3) is 0.526. The van der Waals surface area contributed by atoms with E-state index in [1.165, 1.54) is 0 Å². The quantitative estimate of drug-likeness (QED) is 0.598. The van der Waals surface area contributed by atoms with Crippen LogP contribution in [0.4, 0.5) is 5.82 Å². The fourth-order valence-electron chi connectivity index (χ4n) is 3.02. The summed E-state index contributed by atoms with van der Waals surface area (Å²) >= 11 is 0. The van der Waals surface area contributed by atoms with E-state index in [0.717, 1.165) is 24.5 Å². The molecule has 0 saturated carbocycles. The van der Waals surface area contributed by atoms with Crippen LogP contribution < -0.4 is 5.32 Å². The molecular formula is C19H27N5O3. The van der Waals surface area contributed by atoms with Gasteiger partial charge in [-0.25, -0.2) is 4.98 Å². The van der Waals surface area contributed by atoms with Crippen molar-refractivity contribution in [2.75, 3.05) is 51.8 Å². The molecule has 0 aromatic carbocycles. The lowest BCUT2D eigenvalue weighted by Gasteiger charge is -2.35. The summed E-state index contributed by atoms with van der Waals surface area (Å²) in [7, 11) is 1.59. The molecule has 0 atom stereocenters. The Kier molecular flexibility index (Phi) is 6.28. The van der Waals surface area contributed by atoms with Crippen LogP contribution in [0.3, 0.4) is 0 Å². The molecule has 8 heteroatoms. The Balaban J connectivity index is 1.64. The zero-order chi connectivity index (χ0) is 19.2. The van der Waals surface area contributed by atoms with Crippen molar-refractivity contribution in [3.05, 3.63) is 36.3 Å². The summed E-state index contributed by atoms with van der Waals surface area (Å²) < 4.78 is 10.7. The zero-order valence-electron chi connectivity index (χ0n) is 16.0. The van der Waals surface area contributed by atoms with E-state index >= 15 is 0 Å². The molecule has 1 amide bonds. The third kappa shape index (κ3) is 4.77. The summed E-state index contributed by atoms with van der Waals surface area (Å²) in [5.41, 5.74) is 0.830. The molecule has 0 aliphatic carbocycles. The van der Waals surface area contributed by atoms with Crippen LogP contribution in [0.1, 0.15) is 18.9 Å². The van der Waals surface area contributed by atoms with Gasteiger partial charge in [0.25, 0.3) is 0 Å². The number of nitrogens with zero attached hydrogens (tertiary/aromatic N) is 4. The van der Waals surface area contributed by atoms with Gasteiger partial charge in [-0.05, 0) is 12.1 Å². The molecule has 3 heterocycles. The van der Waals surface area contributed by atoms with Gasteiger partial charge in [-0.2, -0.15) is 4.99 Å². The van der Waals surface area contributed by atoms with Crippen molar-refractivity contribution < 1.29 is 14.3 Å². The second kappa shape index (κ2) is 8.85. The minimum atomic E-state index is 0.190. The van der Waals surface area contributed by atoms with Crippen molar-refractivity contribution in [1.82, 2.24) is 14.8 Å². The number of carbonyl (C=O) groups excluding carboxylic acids is 1. The predicted octanol–water partition coefficient (Wildman–Crippen LogP) is 1.31. The molecule has 2 aliphatic heterocycles. The van der Waals surface area contributed by atoms with Crippen LogP contribution in [0, 0.1) is 0 Å². The Labute approximate surface area is 159 Å². The first-order valence-electron chi connectivity index (χ1n) is 9.25. The van der Waals surface area contributed by atoms with Gasteiger partial charge < -0.3 is 24.6 Å². The lowest BCUT2D eigenvalue weighted by atomic mass is 10.2. The Morgan fingerprint density at radius 3 is 2.67 bits per heavy atom. The molecule has 0 bridgehead atoms. The average Bonchev–Trinajstić information content (AvgIpc) is 2.68. The number of hydrogen-bond donors (Lipinski definition) is 1. The molecule has 2 aliphatic rings. The number of hydrogen-bond acceptors (Lipinski definition) is 7. The van der Waals surface area contributed by atoms with Crippen LogP contribution in [0.2, 0.25) is 0 Å². The van der Waals surface area contributed by atoms with Crippen molar-refractivity contribution in [2.24, 2.45) is 4.99 Å². The molecule has 27 heavy (non-hydrogen) atoms. The third-order valence-electron chi connectivity index (χ3n) is 4.72. The van der Waals surface area contributed by atoms with Crippen LogP contribution >= 0.6 is 0 Å². The summed E-state index contributed by atoms with van der Waals surface area (Å²) in [5, 5.41) is 3.32. The number of nitrogens with one attached hydrogen (secondary N) is 1. The minimum Gasteiger partial charge on any atom is -0.481 e. The van der Waals surface area contributed by atoms with Crippen molar-refractivity contribution in [2.45, 2.75) is 19.4 Å². The highest BCUT2D eigenvalue weighted by atomic mass is 16.5. The van der Waals surface area contributed by atoms with Gasteiger partial charge in [0.2, 0.25) is 11.8 Å². The van der Waals surface area contributed by atoms with E-state index in [2.05, 4.69) is 26.8 Å². The van der Waals surface area contributed by atoms with Crippen LogP contribution in [0.25, 0.3) is 0 Å². The molecule has 3 rings (SSSR count). The second-order valence-corrected chi connectivity index (χ2v) is 6.57. The molecule has 146 valence electrons. The van der Waals surface area contributed by atoms with E-state index in [-0.39, 0.29) is 5.91 Å². The van der Waals surface area contributed by atoms with Gasteiger partial charge in [-0.15, -0.1) is 0 Å². The highest BCUT2D eigenvalue weighted by molar-refractivity contribution is 5.95. The van der Waals surface area contributed by atoms with Crippen LogP contribution in [-0.2, 0) is 14.3 Å². The van der Waals surface area contributed by atoms with Gasteiger partial charge in [0.05, 0.1) is 26.4 Å². The van der Waals surface area contributed by atoms with Crippen molar-refractivity contribution >= 4 is 17.6 Å². The van der Waals surface area contributed by atoms with E-state index in [0.29, 0.717) is 50.5 Å². The van der Waals surface area contributed by atoms with Crippen LogP contribution in [-0.4, -0.2) is 79.1 Å². The standard InChI is InChI=1S/C19H27N5O3/c1-4-18(25)24-9-7-23(8-10-24)14(2)21-19(26-3)15-5-6-20-17(11-15)22-16-12-27-13-16/h5-6,11,16H,2,4,7-10,12-13H2,1,3H3,(H,20,22). The molecule has 1 aromatic rings. The molecular weight excluding hydrogens is 346 g/mol. The smallest absolute Gasteiger partial charge is 0.222 e. The highest BCUT2D eigenvalue weighted by Gasteiger charge is 2.21. The normalized spacial score (nSPS) is 18.1. The predicted molar refractivity (Wildman–Crippen MR) is 104 cm³/mol. The van der Waals surface area contributed by atoms with Crippen LogP contribution in [0.5, 0.6) is 0 Å². The first-order valence-corrected chi connectivity index (χ1v) is 9.25. The van der Waals surface area contributed by atoms with Gasteiger partial charge >= 0.3 is 0 Å². The maximum absolute atomic E-state index is 11.8. The monoisotopic (exact) mass is 373 g/mol. The number of carbonyl (C=O) groups is 1. The van der Waals surface area contributed by atoms with Gasteiger partial charge in [-0.3, -0.25) is 4.79 Å². The zero-order valence-corrected chi connectivity index (χ0v) is 16.0. The Morgan fingerprint density at radius 2 is 2.07 bits per heavy atom. The highest BCUT2D eigenvalue weighted by Crippen LogP contribution is 2.16. The minimum absolute atomic E-state index is 0.190. The number of amides is 1. The van der Waals surface area contributed by atoms with E-state index < -0.39 is 0 Å². The lowest BCUT2D eigenvalue weighted by molar-refractivity contribution is -0.132. The van der Waals surface area contributed by atoms with Crippen molar-refractivity contribution in [1.29, 1.82) is 0 Å². The van der Waals surface area contributed by atoms with Crippen molar-refractivity contribution in [3.8, 4) is 0 Å². The first-order chi connectivity index (χ1) is 13.1. The number of rotatable bonds is 6. The van der Waals surface area contributed by atoms with Gasteiger partial charge in [0.15, 0.2) is 0 Å². The van der Waals surface area contributed by atoms with E-state index in [9.17, 15) is 4.79 Å². The number of aliphatic imine (C=N–C) groups is 1. The number of anilines is 1. The average molecular weight is 373 g/mol. The molecule has 1 aromatic heterocycles. The molecule has 2 saturated heterocycles. The molecule has 0 spiro atoms. The summed E-state index contributed by atoms with van der Waals surface area (Å²) in [6, 6.07) is 4.06. The summed E-state index contributed by atoms with van der Waals surface area (Å²) in [6.45, 7) is 10.2. The maximum Gasteiger partial charge on any atom is 0.222 e. The number of piperazine rings is 1. The Hall–Kier alpha value is -2.61. The number of pyridine rings is 1. The molecule has 0 unspecified atom stereocenters. The van der Waals surface area contributed by atoms with E-state index in [4.69, 9.17) is 9.47 Å². The molecule has 1 N–H and O–H groups in total. The van der Waals surface area contributed by atoms with E-state index in [1.54, 1.807) is 13.3 Å². The number of aromatic nitrogens is 1. The fourth-order valence-corrected chi connectivity index (χ4v) is 3.02. The lowest BCUT2D eigenvalue weighted by Crippen LogP contribution is -2.47. The number of ether oxygens (including phenoxy) is 2. The third-order valence-corrected chi connectivity index (χ3v) is 4.72. The van der Waals surface area contributed by atoms with Crippen LogP contribution in [0.15, 0.2) is 35.7 Å². The van der Waals surface area contributed by atoms with Crippen molar-refractivity contribution in [3.63, 3.8) is 0 Å². The van der Waals surface area contributed by atoms with Gasteiger partial charge in [-0.1, -0.05) is 13.5 Å². The maximum atomic E-state index is 11.8. The Bertz CT molecular complexity index is 709. The Morgan fingerprint density at radius 1 is 1.37 bits per heavy atom. The van der Waals surface area contributed by atoms with E-state index in [1.807, 2.05) is 24.0 Å². The number of methoxy groups -OCH3 is 1. The topological polar surface area (TPSA) is 79.3 Å². The molecule has 0 radical (unpaired) electrons. The van der Waals surface area contributed by atoms with Gasteiger partial charge in [0, 0.05) is 44.4 Å². The summed E-state index contributed by atoms with van der Waals surface area (Å²) in [6.07, 6.45) is 2.27. The SMILES string of the molecule is C=C(N=C(OC)c1ccnc(NC2COC2)c1)N1CCN(C(=O)CC)CC1. The summed E-state index contributed by atoms with van der Waals surface area (Å²) in [4.78, 5) is 24.7. The second-order valence-electron chi connectivity index (χ2n) is 6.57. The first kappa shape index (κ1) is 19.2. The summed E-state index contributed by atoms with van der Waals surface area (Å²) in [5.74, 6) is 2.08. The molecule has 2 fully saturated rings.